The summed E-state index contributed by atoms with van der Waals surface area (Å²) in [5, 5.41) is 15.3. The van der Waals surface area contributed by atoms with Crippen LogP contribution in [0.15, 0.2) is 23.1 Å². The van der Waals surface area contributed by atoms with Gasteiger partial charge in [-0.2, -0.15) is 5.10 Å². The number of methoxy groups -OCH3 is 2. The number of benzene rings is 1. The molecule has 0 bridgehead atoms. The third kappa shape index (κ3) is 3.22. The molecule has 0 radical (unpaired) electrons. The van der Waals surface area contributed by atoms with E-state index < -0.39 is 26.2 Å². The molecule has 1 saturated carbocycles. The maximum absolute atomic E-state index is 13.5. The second kappa shape index (κ2) is 7.01. The van der Waals surface area contributed by atoms with Crippen molar-refractivity contribution in [2.24, 2.45) is 0 Å². The number of fused-ring (bicyclic) bond motifs is 1. The van der Waals surface area contributed by atoms with Gasteiger partial charge < -0.3 is 14.6 Å². The molecule has 4 rings (SSSR count). The molecule has 2 heterocycles. The Kier molecular flexibility index (Phi) is 4.91. The van der Waals surface area contributed by atoms with E-state index in [-0.39, 0.29) is 23.5 Å². The minimum Gasteiger partial charge on any atom is -0.495 e. The van der Waals surface area contributed by atoms with Crippen molar-refractivity contribution in [3.05, 3.63) is 28.9 Å². The van der Waals surface area contributed by atoms with E-state index in [4.69, 9.17) is 9.47 Å². The van der Waals surface area contributed by atoms with E-state index in [2.05, 4.69) is 10.1 Å². The van der Waals surface area contributed by atoms with Crippen molar-refractivity contribution in [3.63, 3.8) is 0 Å². The summed E-state index contributed by atoms with van der Waals surface area (Å²) in [5.74, 6) is -0.620. The van der Waals surface area contributed by atoms with Gasteiger partial charge in [0.15, 0.2) is 14.6 Å². The lowest BCUT2D eigenvalue weighted by atomic mass is 10.1. The van der Waals surface area contributed by atoms with Crippen LogP contribution in [0.5, 0.6) is 5.75 Å². The summed E-state index contributed by atoms with van der Waals surface area (Å²) in [6.07, 6.45) is 0.402. The van der Waals surface area contributed by atoms with Crippen LogP contribution in [0, 0.1) is 6.92 Å². The van der Waals surface area contributed by atoms with Gasteiger partial charge in [-0.1, -0.05) is 11.3 Å². The number of ether oxygens (including phenoxy) is 2. The molecule has 1 aliphatic carbocycles. The summed E-state index contributed by atoms with van der Waals surface area (Å²) < 4.78 is 37.0. The van der Waals surface area contributed by atoms with Crippen LogP contribution in [0.1, 0.15) is 37.4 Å². The van der Waals surface area contributed by atoms with Crippen LogP contribution in [0.4, 0.5) is 0 Å². The second-order valence-electron chi connectivity index (χ2n) is 8.06. The zero-order chi connectivity index (χ0) is 22.8. The van der Waals surface area contributed by atoms with E-state index >= 15 is 0 Å². The van der Waals surface area contributed by atoms with Crippen molar-refractivity contribution in [3.8, 4) is 17.0 Å². The Morgan fingerprint density at radius 3 is 2.52 bits per heavy atom. The molecule has 0 spiro atoms. The van der Waals surface area contributed by atoms with Crippen LogP contribution < -0.4 is 4.74 Å². The van der Waals surface area contributed by atoms with Crippen LogP contribution in [-0.4, -0.2) is 53.1 Å². The Balaban J connectivity index is 1.91. The summed E-state index contributed by atoms with van der Waals surface area (Å²) in [7, 11) is -1.51. The fraction of sp³-hybridized carbons (Fsp3) is 0.450. The van der Waals surface area contributed by atoms with Crippen LogP contribution in [0.2, 0.25) is 0 Å². The van der Waals surface area contributed by atoms with E-state index in [0.717, 1.165) is 0 Å². The number of aryl methyl sites for hydroxylation is 1. The Hall–Kier alpha value is -2.50. The normalized spacial score (nSPS) is 15.8. The molecule has 9 nitrogen and oxygen atoms in total. The van der Waals surface area contributed by atoms with Gasteiger partial charge in [0.05, 0.1) is 25.6 Å². The first-order valence-electron chi connectivity index (χ1n) is 9.57. The van der Waals surface area contributed by atoms with Crippen LogP contribution >= 0.6 is 11.3 Å². The quantitative estimate of drug-likeness (QED) is 0.551. The molecule has 11 heteroatoms. The standard InChI is InChI=1S/C20H23N3O6S2/c1-11-15(23-18(21-11)30-16(22-23)19(2,3)25)12-6-7-13(28-4)14(10-12)31(26,27)20(8-9-20)17(24)29-5/h6-7,10,25H,8-9H2,1-5H3. The molecule has 0 amide bonds. The van der Waals surface area contributed by atoms with E-state index in [0.29, 0.717) is 26.9 Å². The van der Waals surface area contributed by atoms with Crippen molar-refractivity contribution in [2.45, 2.75) is 48.9 Å². The van der Waals surface area contributed by atoms with Crippen molar-refractivity contribution in [1.29, 1.82) is 0 Å². The number of aliphatic hydroxyl groups is 1. The van der Waals surface area contributed by atoms with E-state index in [1.54, 1.807) is 37.4 Å². The number of carbonyl (C=O) groups excluding carboxylic acids is 1. The molecule has 2 aromatic heterocycles. The maximum atomic E-state index is 13.5. The van der Waals surface area contributed by atoms with Crippen molar-refractivity contribution < 1.29 is 27.8 Å². The predicted molar refractivity (Wildman–Crippen MR) is 114 cm³/mol. The first kappa shape index (κ1) is 21.7. The zero-order valence-electron chi connectivity index (χ0n) is 17.8. The van der Waals surface area contributed by atoms with Gasteiger partial charge in [0.25, 0.3) is 0 Å². The van der Waals surface area contributed by atoms with Gasteiger partial charge in [0, 0.05) is 5.56 Å². The number of aromatic nitrogens is 3. The summed E-state index contributed by atoms with van der Waals surface area (Å²) >= 11 is 1.26. The Bertz CT molecular complexity index is 1300. The number of carbonyl (C=O) groups is 1. The number of imidazole rings is 1. The highest BCUT2D eigenvalue weighted by Gasteiger charge is 2.63. The topological polar surface area (TPSA) is 120 Å². The molecule has 0 unspecified atom stereocenters. The molecule has 1 fully saturated rings. The third-order valence-electron chi connectivity index (χ3n) is 5.40. The Labute approximate surface area is 183 Å². The number of sulfone groups is 1. The average molecular weight is 466 g/mol. The largest absolute Gasteiger partial charge is 0.495 e. The molecular weight excluding hydrogens is 442 g/mol. The number of esters is 1. The molecule has 3 aromatic rings. The molecule has 1 aromatic carbocycles. The molecule has 31 heavy (non-hydrogen) atoms. The predicted octanol–water partition coefficient (Wildman–Crippen LogP) is 2.48. The van der Waals surface area contributed by atoms with E-state index in [1.807, 2.05) is 0 Å². The highest BCUT2D eigenvalue weighted by Crippen LogP contribution is 2.50. The molecule has 0 atom stereocenters. The first-order valence-corrected chi connectivity index (χ1v) is 11.9. The summed E-state index contributed by atoms with van der Waals surface area (Å²) in [4.78, 5) is 17.3. The summed E-state index contributed by atoms with van der Waals surface area (Å²) in [6, 6.07) is 4.75. The SMILES string of the molecule is COC(=O)C1(S(=O)(=O)c2cc(-c3c(C)nc4sc(C(C)(C)O)nn34)ccc2OC)CC1. The van der Waals surface area contributed by atoms with Gasteiger partial charge in [-0.3, -0.25) is 4.79 Å². The fourth-order valence-corrected chi connectivity index (χ4v) is 6.56. The van der Waals surface area contributed by atoms with Crippen LogP contribution in [0.3, 0.4) is 0 Å². The van der Waals surface area contributed by atoms with Gasteiger partial charge in [-0.25, -0.2) is 17.9 Å². The first-order chi connectivity index (χ1) is 14.5. The molecule has 166 valence electrons. The smallest absolute Gasteiger partial charge is 0.327 e. The summed E-state index contributed by atoms with van der Waals surface area (Å²) in [5.41, 5.74) is 0.675. The molecule has 1 N–H and O–H groups in total. The second-order valence-corrected chi connectivity index (χ2v) is 11.2. The van der Waals surface area contributed by atoms with Gasteiger partial charge in [0.1, 0.15) is 21.3 Å². The van der Waals surface area contributed by atoms with Gasteiger partial charge in [-0.15, -0.1) is 0 Å². The highest BCUT2D eigenvalue weighted by molar-refractivity contribution is 7.94. The number of hydrogen-bond acceptors (Lipinski definition) is 9. The summed E-state index contributed by atoms with van der Waals surface area (Å²) in [6.45, 7) is 5.07. The lowest BCUT2D eigenvalue weighted by molar-refractivity contribution is -0.140. The average Bonchev–Trinajstić information content (AvgIpc) is 3.35. The fourth-order valence-electron chi connectivity index (χ4n) is 3.55. The highest BCUT2D eigenvalue weighted by atomic mass is 32.2. The monoisotopic (exact) mass is 465 g/mol. The molecular formula is C20H23N3O6S2. The minimum atomic E-state index is -4.07. The van der Waals surface area contributed by atoms with Crippen molar-refractivity contribution in [2.75, 3.05) is 14.2 Å². The van der Waals surface area contributed by atoms with Gasteiger partial charge >= 0.3 is 5.97 Å². The Morgan fingerprint density at radius 2 is 1.97 bits per heavy atom. The number of nitrogens with zero attached hydrogens (tertiary/aromatic N) is 3. The van der Waals surface area contributed by atoms with Crippen molar-refractivity contribution >= 4 is 32.1 Å². The number of hydrogen-bond donors (Lipinski definition) is 1. The lowest BCUT2D eigenvalue weighted by Crippen LogP contribution is -2.34. The molecule has 0 aliphatic heterocycles. The molecule has 1 aliphatic rings. The third-order valence-corrected chi connectivity index (χ3v) is 9.13. The number of rotatable bonds is 6. The van der Waals surface area contributed by atoms with Gasteiger partial charge in [0.2, 0.25) is 4.96 Å². The maximum Gasteiger partial charge on any atom is 0.327 e. The minimum absolute atomic E-state index is 0.0808. The molecule has 0 saturated heterocycles. The van der Waals surface area contributed by atoms with E-state index in [9.17, 15) is 18.3 Å². The van der Waals surface area contributed by atoms with Crippen LogP contribution in [0.25, 0.3) is 16.2 Å². The lowest BCUT2D eigenvalue weighted by Gasteiger charge is -2.17. The van der Waals surface area contributed by atoms with Crippen LogP contribution in [-0.2, 0) is 25.0 Å². The Morgan fingerprint density at radius 1 is 1.29 bits per heavy atom. The zero-order valence-corrected chi connectivity index (χ0v) is 19.4. The van der Waals surface area contributed by atoms with Gasteiger partial charge in [-0.05, 0) is 51.8 Å². The van der Waals surface area contributed by atoms with Crippen molar-refractivity contribution in [1.82, 2.24) is 14.6 Å². The van der Waals surface area contributed by atoms with E-state index in [1.165, 1.54) is 31.6 Å².